The Morgan fingerprint density at radius 2 is 2.14 bits per heavy atom. The smallest absolute Gasteiger partial charge is 0.0959 e. The number of aliphatic hydroxyl groups excluding tert-OH is 1. The number of hydrogen-bond donors (Lipinski definition) is 1. The van der Waals surface area contributed by atoms with Crippen LogP contribution in [0.1, 0.15) is 60.9 Å². The van der Waals surface area contributed by atoms with Gasteiger partial charge < -0.3 is 5.11 Å². The molecule has 14 heavy (non-hydrogen) atoms. The predicted molar refractivity (Wildman–Crippen MR) is 58.6 cm³/mol. The molecular weight excluding hydrogens is 194 g/mol. The van der Waals surface area contributed by atoms with E-state index in [-0.39, 0.29) is 6.10 Å². The van der Waals surface area contributed by atoms with Crippen LogP contribution >= 0.6 is 11.3 Å². The maximum Gasteiger partial charge on any atom is 0.0959 e. The van der Waals surface area contributed by atoms with Crippen molar-refractivity contribution in [1.82, 2.24) is 4.98 Å². The normalized spacial score (nSPS) is 21.0. The van der Waals surface area contributed by atoms with Gasteiger partial charge in [0.1, 0.15) is 0 Å². The number of hydrogen-bond acceptors (Lipinski definition) is 3. The van der Waals surface area contributed by atoms with Crippen molar-refractivity contribution < 1.29 is 5.11 Å². The molecule has 1 atom stereocenters. The molecule has 1 aromatic rings. The van der Waals surface area contributed by atoms with E-state index in [0.29, 0.717) is 5.92 Å². The highest BCUT2D eigenvalue weighted by Crippen LogP contribution is 2.35. The summed E-state index contributed by atoms with van der Waals surface area (Å²) in [7, 11) is 0. The fraction of sp³-hybridized carbons (Fsp3) is 0.727. The van der Waals surface area contributed by atoms with Crippen molar-refractivity contribution in [2.45, 2.75) is 51.0 Å². The topological polar surface area (TPSA) is 33.1 Å². The van der Waals surface area contributed by atoms with E-state index in [2.05, 4.69) is 4.98 Å². The summed E-state index contributed by atoms with van der Waals surface area (Å²) in [6.07, 6.45) is 8.11. The van der Waals surface area contributed by atoms with Crippen LogP contribution in [0.15, 0.2) is 6.20 Å². The van der Waals surface area contributed by atoms with Crippen LogP contribution in [-0.4, -0.2) is 10.1 Å². The summed E-state index contributed by atoms with van der Waals surface area (Å²) in [4.78, 5) is 5.42. The zero-order valence-corrected chi connectivity index (χ0v) is 9.39. The first kappa shape index (κ1) is 10.1. The van der Waals surface area contributed by atoms with E-state index < -0.39 is 0 Å². The lowest BCUT2D eigenvalue weighted by atomic mass is 9.90. The molecule has 1 aromatic heterocycles. The second-order valence-corrected chi connectivity index (χ2v) is 5.21. The van der Waals surface area contributed by atoms with E-state index in [1.165, 1.54) is 37.1 Å². The largest absolute Gasteiger partial charge is 0.388 e. The molecule has 0 bridgehead atoms. The molecule has 1 fully saturated rings. The second kappa shape index (κ2) is 4.41. The molecule has 0 amide bonds. The van der Waals surface area contributed by atoms with Crippen LogP contribution in [0.4, 0.5) is 0 Å². The van der Waals surface area contributed by atoms with Gasteiger partial charge >= 0.3 is 0 Å². The Balaban J connectivity index is 2.07. The molecule has 1 aliphatic carbocycles. The zero-order chi connectivity index (χ0) is 9.97. The number of rotatable bonds is 2. The van der Waals surface area contributed by atoms with Gasteiger partial charge in [-0.3, -0.25) is 0 Å². The number of aromatic nitrogens is 1. The third-order valence-electron chi connectivity index (χ3n) is 2.91. The molecule has 1 N–H and O–H groups in total. The van der Waals surface area contributed by atoms with E-state index in [1.54, 1.807) is 18.3 Å². The van der Waals surface area contributed by atoms with Crippen LogP contribution in [-0.2, 0) is 0 Å². The minimum Gasteiger partial charge on any atom is -0.388 e. The van der Waals surface area contributed by atoms with Crippen molar-refractivity contribution >= 4 is 11.3 Å². The van der Waals surface area contributed by atoms with Crippen molar-refractivity contribution in [3.05, 3.63) is 16.1 Å². The number of thiazole rings is 1. The highest BCUT2D eigenvalue weighted by molar-refractivity contribution is 7.11. The van der Waals surface area contributed by atoms with Crippen LogP contribution in [0.2, 0.25) is 0 Å². The Labute approximate surface area is 89.0 Å². The van der Waals surface area contributed by atoms with E-state index in [1.807, 2.05) is 6.20 Å². The summed E-state index contributed by atoms with van der Waals surface area (Å²) in [6, 6.07) is 0. The molecule has 1 saturated carbocycles. The van der Waals surface area contributed by atoms with Gasteiger partial charge in [-0.2, -0.15) is 0 Å². The van der Waals surface area contributed by atoms with Crippen LogP contribution in [0.25, 0.3) is 0 Å². The lowest BCUT2D eigenvalue weighted by Crippen LogP contribution is -2.03. The van der Waals surface area contributed by atoms with Crippen molar-refractivity contribution in [1.29, 1.82) is 0 Å². The van der Waals surface area contributed by atoms with Gasteiger partial charge in [0, 0.05) is 12.1 Å². The van der Waals surface area contributed by atoms with Crippen molar-refractivity contribution in [2.24, 2.45) is 0 Å². The summed E-state index contributed by atoms with van der Waals surface area (Å²) in [5.74, 6) is 0.668. The Morgan fingerprint density at radius 1 is 1.43 bits per heavy atom. The maximum absolute atomic E-state index is 9.41. The Kier molecular flexibility index (Phi) is 3.19. The first-order valence-electron chi connectivity index (χ1n) is 5.41. The van der Waals surface area contributed by atoms with Crippen molar-refractivity contribution in [3.8, 4) is 0 Å². The standard InChI is InChI=1S/C11H17NOS/c1-8(13)10-7-12-11(14-10)9-5-3-2-4-6-9/h7-9,13H,2-6H2,1H3. The summed E-state index contributed by atoms with van der Waals surface area (Å²) < 4.78 is 0. The highest BCUT2D eigenvalue weighted by atomic mass is 32.1. The van der Waals surface area contributed by atoms with Crippen LogP contribution in [0.3, 0.4) is 0 Å². The van der Waals surface area contributed by atoms with E-state index >= 15 is 0 Å². The molecular formula is C11H17NOS. The van der Waals surface area contributed by atoms with Crippen molar-refractivity contribution in [2.75, 3.05) is 0 Å². The average molecular weight is 211 g/mol. The van der Waals surface area contributed by atoms with Gasteiger partial charge in [0.15, 0.2) is 0 Å². The lowest BCUT2D eigenvalue weighted by Gasteiger charge is -2.18. The molecule has 3 heteroatoms. The molecule has 0 aliphatic heterocycles. The predicted octanol–water partition coefficient (Wildman–Crippen LogP) is 3.24. The van der Waals surface area contributed by atoms with Gasteiger partial charge in [-0.1, -0.05) is 19.3 Å². The molecule has 0 spiro atoms. The molecule has 0 saturated heterocycles. The zero-order valence-electron chi connectivity index (χ0n) is 8.57. The quantitative estimate of drug-likeness (QED) is 0.814. The van der Waals surface area contributed by atoms with Gasteiger partial charge in [-0.15, -0.1) is 11.3 Å². The molecule has 78 valence electrons. The summed E-state index contributed by atoms with van der Waals surface area (Å²) in [5.41, 5.74) is 0. The van der Waals surface area contributed by atoms with Crippen LogP contribution in [0.5, 0.6) is 0 Å². The van der Waals surface area contributed by atoms with Gasteiger partial charge in [-0.05, 0) is 19.8 Å². The molecule has 1 unspecified atom stereocenters. The first-order chi connectivity index (χ1) is 6.77. The fourth-order valence-electron chi connectivity index (χ4n) is 2.03. The van der Waals surface area contributed by atoms with E-state index in [0.717, 1.165) is 4.88 Å². The first-order valence-corrected chi connectivity index (χ1v) is 6.22. The molecule has 2 rings (SSSR count). The lowest BCUT2D eigenvalue weighted by molar-refractivity contribution is 0.203. The molecule has 0 radical (unpaired) electrons. The minimum absolute atomic E-state index is 0.357. The van der Waals surface area contributed by atoms with Gasteiger partial charge in [0.05, 0.1) is 16.0 Å². The minimum atomic E-state index is -0.357. The third kappa shape index (κ3) is 2.15. The van der Waals surface area contributed by atoms with Crippen LogP contribution < -0.4 is 0 Å². The van der Waals surface area contributed by atoms with E-state index in [4.69, 9.17) is 0 Å². The summed E-state index contributed by atoms with van der Waals surface area (Å²) in [6.45, 7) is 1.80. The Bertz CT molecular complexity index is 289. The SMILES string of the molecule is CC(O)c1cnc(C2CCCCC2)s1. The molecule has 2 nitrogen and oxygen atoms in total. The van der Waals surface area contributed by atoms with Gasteiger partial charge in [-0.25, -0.2) is 4.98 Å². The fourth-order valence-corrected chi connectivity index (χ4v) is 3.06. The molecule has 0 aromatic carbocycles. The van der Waals surface area contributed by atoms with E-state index in [9.17, 15) is 5.11 Å². The maximum atomic E-state index is 9.41. The van der Waals surface area contributed by atoms with Crippen molar-refractivity contribution in [3.63, 3.8) is 0 Å². The molecule has 1 aliphatic rings. The summed E-state index contributed by atoms with van der Waals surface area (Å²) >= 11 is 1.69. The summed E-state index contributed by atoms with van der Waals surface area (Å²) in [5, 5.41) is 10.6. The monoisotopic (exact) mass is 211 g/mol. The number of aliphatic hydroxyl groups is 1. The third-order valence-corrected chi connectivity index (χ3v) is 4.24. The van der Waals surface area contributed by atoms with Gasteiger partial charge in [0.2, 0.25) is 0 Å². The average Bonchev–Trinajstić information content (AvgIpc) is 2.68. The second-order valence-electron chi connectivity index (χ2n) is 4.11. The van der Waals surface area contributed by atoms with Crippen LogP contribution in [0, 0.1) is 0 Å². The Morgan fingerprint density at radius 3 is 2.71 bits per heavy atom. The Hall–Kier alpha value is -0.410. The van der Waals surface area contributed by atoms with Gasteiger partial charge in [0.25, 0.3) is 0 Å². The highest BCUT2D eigenvalue weighted by Gasteiger charge is 2.19. The molecule has 1 heterocycles. The number of nitrogens with zero attached hydrogens (tertiary/aromatic N) is 1.